The van der Waals surface area contributed by atoms with Crippen molar-refractivity contribution in [3.63, 3.8) is 0 Å². The van der Waals surface area contributed by atoms with Crippen LogP contribution in [0.15, 0.2) is 22.7 Å². The molecule has 17 heavy (non-hydrogen) atoms. The molecule has 0 heterocycles. The van der Waals surface area contributed by atoms with Gasteiger partial charge >= 0.3 is 0 Å². The molecule has 0 bridgehead atoms. The molecule has 1 N–H and O–H groups in total. The largest absolute Gasteiger partial charge is 0.378 e. The van der Waals surface area contributed by atoms with Crippen molar-refractivity contribution in [3.05, 3.63) is 34.1 Å². The van der Waals surface area contributed by atoms with Crippen molar-refractivity contribution in [3.8, 4) is 0 Å². The Morgan fingerprint density at radius 2 is 2.24 bits per heavy atom. The van der Waals surface area contributed by atoms with E-state index in [0.717, 1.165) is 25.0 Å². The zero-order valence-corrected chi connectivity index (χ0v) is 11.5. The second-order valence-corrected chi connectivity index (χ2v) is 5.23. The first kappa shape index (κ1) is 13.0. The van der Waals surface area contributed by atoms with E-state index in [4.69, 9.17) is 4.74 Å². The lowest BCUT2D eigenvalue weighted by Gasteiger charge is -2.35. The van der Waals surface area contributed by atoms with Crippen LogP contribution in [-0.2, 0) is 11.3 Å². The summed E-state index contributed by atoms with van der Waals surface area (Å²) in [5.74, 6) is -0.204. The average molecular weight is 302 g/mol. The van der Waals surface area contributed by atoms with Gasteiger partial charge in [-0.2, -0.15) is 0 Å². The minimum atomic E-state index is -0.204. The molecule has 0 atom stereocenters. The van der Waals surface area contributed by atoms with E-state index in [1.807, 2.05) is 13.0 Å². The number of halogens is 2. The van der Waals surface area contributed by atoms with Gasteiger partial charge in [0.05, 0.1) is 10.6 Å². The fourth-order valence-electron chi connectivity index (χ4n) is 2.02. The SMILES string of the molecule is CCOC1CC(NCc2ccc(Br)c(F)c2)C1. The van der Waals surface area contributed by atoms with Gasteiger partial charge in [0.15, 0.2) is 0 Å². The molecule has 0 unspecified atom stereocenters. The van der Waals surface area contributed by atoms with Crippen LogP contribution in [-0.4, -0.2) is 18.8 Å². The van der Waals surface area contributed by atoms with E-state index in [1.165, 1.54) is 0 Å². The highest BCUT2D eigenvalue weighted by Crippen LogP contribution is 2.24. The van der Waals surface area contributed by atoms with Gasteiger partial charge in [-0.1, -0.05) is 6.07 Å². The fourth-order valence-corrected chi connectivity index (χ4v) is 2.26. The van der Waals surface area contributed by atoms with Gasteiger partial charge in [-0.25, -0.2) is 4.39 Å². The van der Waals surface area contributed by atoms with Crippen molar-refractivity contribution in [1.29, 1.82) is 0 Å². The zero-order valence-electron chi connectivity index (χ0n) is 9.88. The summed E-state index contributed by atoms with van der Waals surface area (Å²) in [7, 11) is 0. The van der Waals surface area contributed by atoms with E-state index in [9.17, 15) is 4.39 Å². The van der Waals surface area contributed by atoms with Crippen molar-refractivity contribution in [1.82, 2.24) is 5.32 Å². The Hall–Kier alpha value is -0.450. The summed E-state index contributed by atoms with van der Waals surface area (Å²) >= 11 is 3.15. The van der Waals surface area contributed by atoms with Crippen LogP contribution >= 0.6 is 15.9 Å². The number of hydrogen-bond acceptors (Lipinski definition) is 2. The zero-order chi connectivity index (χ0) is 12.3. The minimum Gasteiger partial charge on any atom is -0.378 e. The van der Waals surface area contributed by atoms with Gasteiger partial charge in [-0.15, -0.1) is 0 Å². The van der Waals surface area contributed by atoms with Crippen LogP contribution in [0.3, 0.4) is 0 Å². The first-order chi connectivity index (χ1) is 8.19. The smallest absolute Gasteiger partial charge is 0.137 e. The second-order valence-electron chi connectivity index (χ2n) is 4.38. The monoisotopic (exact) mass is 301 g/mol. The predicted molar refractivity (Wildman–Crippen MR) is 69.4 cm³/mol. The first-order valence-corrected chi connectivity index (χ1v) is 6.77. The second kappa shape index (κ2) is 5.94. The summed E-state index contributed by atoms with van der Waals surface area (Å²) in [5, 5.41) is 3.41. The van der Waals surface area contributed by atoms with Crippen molar-refractivity contribution < 1.29 is 9.13 Å². The van der Waals surface area contributed by atoms with Crippen LogP contribution in [0.5, 0.6) is 0 Å². The topological polar surface area (TPSA) is 21.3 Å². The van der Waals surface area contributed by atoms with Crippen LogP contribution in [0.1, 0.15) is 25.3 Å². The van der Waals surface area contributed by atoms with Gasteiger partial charge in [0.2, 0.25) is 0 Å². The number of benzene rings is 1. The quantitative estimate of drug-likeness (QED) is 0.901. The molecule has 1 aromatic rings. The molecule has 0 radical (unpaired) electrons. The molecular formula is C13H17BrFNO. The molecule has 1 saturated carbocycles. The van der Waals surface area contributed by atoms with E-state index in [0.29, 0.717) is 23.2 Å². The molecule has 1 aliphatic rings. The molecule has 94 valence electrons. The Balaban J connectivity index is 1.74. The van der Waals surface area contributed by atoms with Gasteiger partial charge in [0, 0.05) is 19.2 Å². The average Bonchev–Trinajstić information content (AvgIpc) is 2.26. The summed E-state index contributed by atoms with van der Waals surface area (Å²) in [4.78, 5) is 0. The number of rotatable bonds is 5. The molecule has 0 saturated heterocycles. The lowest BCUT2D eigenvalue weighted by atomic mass is 9.89. The summed E-state index contributed by atoms with van der Waals surface area (Å²) in [6, 6.07) is 5.75. The number of nitrogens with one attached hydrogen (secondary N) is 1. The maximum atomic E-state index is 13.3. The van der Waals surface area contributed by atoms with Gasteiger partial charge in [0.25, 0.3) is 0 Å². The van der Waals surface area contributed by atoms with Crippen molar-refractivity contribution in [2.45, 2.75) is 38.5 Å². The Labute approximate surface area is 110 Å². The maximum absolute atomic E-state index is 13.3. The van der Waals surface area contributed by atoms with Crippen LogP contribution in [0.4, 0.5) is 4.39 Å². The third-order valence-electron chi connectivity index (χ3n) is 3.08. The maximum Gasteiger partial charge on any atom is 0.137 e. The van der Waals surface area contributed by atoms with Gasteiger partial charge < -0.3 is 10.1 Å². The fraction of sp³-hybridized carbons (Fsp3) is 0.538. The third-order valence-corrected chi connectivity index (χ3v) is 3.72. The lowest BCUT2D eigenvalue weighted by molar-refractivity contribution is -0.0102. The van der Waals surface area contributed by atoms with Gasteiger partial charge in [-0.3, -0.25) is 0 Å². The summed E-state index contributed by atoms with van der Waals surface area (Å²) in [5.41, 5.74) is 0.977. The standard InChI is InChI=1S/C13H17BrFNO/c1-2-17-11-6-10(7-11)16-8-9-3-4-12(14)13(15)5-9/h3-5,10-11,16H,2,6-8H2,1H3. The molecule has 0 amide bonds. The van der Waals surface area contributed by atoms with E-state index < -0.39 is 0 Å². The molecule has 0 aliphatic heterocycles. The van der Waals surface area contributed by atoms with Crippen LogP contribution in [0, 0.1) is 5.82 Å². The van der Waals surface area contributed by atoms with Crippen molar-refractivity contribution in [2.75, 3.05) is 6.61 Å². The highest BCUT2D eigenvalue weighted by atomic mass is 79.9. The van der Waals surface area contributed by atoms with Crippen molar-refractivity contribution in [2.24, 2.45) is 0 Å². The molecular weight excluding hydrogens is 285 g/mol. The number of ether oxygens (including phenoxy) is 1. The van der Waals surface area contributed by atoms with Crippen LogP contribution in [0.25, 0.3) is 0 Å². The van der Waals surface area contributed by atoms with Crippen LogP contribution < -0.4 is 5.32 Å². The van der Waals surface area contributed by atoms with E-state index in [2.05, 4.69) is 21.2 Å². The van der Waals surface area contributed by atoms with E-state index in [-0.39, 0.29) is 5.82 Å². The van der Waals surface area contributed by atoms with Gasteiger partial charge in [0.1, 0.15) is 5.82 Å². The Morgan fingerprint density at radius 1 is 1.47 bits per heavy atom. The number of hydrogen-bond donors (Lipinski definition) is 1. The van der Waals surface area contributed by atoms with Gasteiger partial charge in [-0.05, 0) is 53.4 Å². The Kier molecular flexibility index (Phi) is 4.54. The summed E-state index contributed by atoms with van der Waals surface area (Å²) in [6.07, 6.45) is 2.54. The van der Waals surface area contributed by atoms with Crippen LogP contribution in [0.2, 0.25) is 0 Å². The molecule has 1 aliphatic carbocycles. The lowest BCUT2D eigenvalue weighted by Crippen LogP contribution is -2.45. The first-order valence-electron chi connectivity index (χ1n) is 5.98. The Morgan fingerprint density at radius 3 is 2.88 bits per heavy atom. The summed E-state index contributed by atoms with van der Waals surface area (Å²) < 4.78 is 19.3. The van der Waals surface area contributed by atoms with Crippen molar-refractivity contribution >= 4 is 15.9 Å². The minimum absolute atomic E-state index is 0.204. The molecule has 0 aromatic heterocycles. The molecule has 2 nitrogen and oxygen atoms in total. The summed E-state index contributed by atoms with van der Waals surface area (Å²) in [6.45, 7) is 3.52. The normalized spacial score (nSPS) is 23.5. The molecule has 0 spiro atoms. The highest BCUT2D eigenvalue weighted by molar-refractivity contribution is 9.10. The van der Waals surface area contributed by atoms with E-state index >= 15 is 0 Å². The Bertz CT molecular complexity index is 380. The molecule has 1 aromatic carbocycles. The third kappa shape index (κ3) is 3.50. The molecule has 2 rings (SSSR count). The molecule has 4 heteroatoms. The predicted octanol–water partition coefficient (Wildman–Crippen LogP) is 3.25. The molecule has 1 fully saturated rings. The van der Waals surface area contributed by atoms with E-state index in [1.54, 1.807) is 12.1 Å². The highest BCUT2D eigenvalue weighted by Gasteiger charge is 2.28.